The molecular weight excluding hydrogens is 220 g/mol. The molecule has 94 valence electrons. The van der Waals surface area contributed by atoms with Crippen LogP contribution in [0, 0.1) is 0 Å². The van der Waals surface area contributed by atoms with Crippen LogP contribution in [0.3, 0.4) is 0 Å². The van der Waals surface area contributed by atoms with Crippen LogP contribution in [0.4, 0.5) is 0 Å². The molecule has 1 amide bonds. The second-order valence-corrected chi connectivity index (χ2v) is 3.47. The van der Waals surface area contributed by atoms with Gasteiger partial charge < -0.3 is 20.5 Å². The summed E-state index contributed by atoms with van der Waals surface area (Å²) in [5.74, 6) is 0.626. The Kier molecular flexibility index (Phi) is 6.06. The Morgan fingerprint density at radius 3 is 2.59 bits per heavy atom. The Bertz CT molecular complexity index is 338. The maximum Gasteiger partial charge on any atom is 0.234 e. The lowest BCUT2D eigenvalue weighted by Gasteiger charge is -2.07. The van der Waals surface area contributed by atoms with Crippen LogP contribution in [0.15, 0.2) is 24.3 Å². The molecule has 1 aromatic rings. The van der Waals surface area contributed by atoms with Gasteiger partial charge in [0.2, 0.25) is 5.91 Å². The molecule has 0 bridgehead atoms. The summed E-state index contributed by atoms with van der Waals surface area (Å²) >= 11 is 0. The second-order valence-electron chi connectivity index (χ2n) is 3.47. The molecule has 0 fully saturated rings. The minimum Gasteiger partial charge on any atom is -0.491 e. The van der Waals surface area contributed by atoms with Crippen molar-refractivity contribution in [1.29, 1.82) is 0 Å². The Hall–Kier alpha value is -1.59. The van der Waals surface area contributed by atoms with E-state index >= 15 is 0 Å². The van der Waals surface area contributed by atoms with E-state index in [1.165, 1.54) is 0 Å². The van der Waals surface area contributed by atoms with Gasteiger partial charge in [-0.05, 0) is 17.7 Å². The predicted octanol–water partition coefficient (Wildman–Crippen LogP) is 0.287. The maximum absolute atomic E-state index is 11.0. The number of methoxy groups -OCH3 is 1. The molecule has 0 aliphatic rings. The van der Waals surface area contributed by atoms with Crippen LogP contribution in [0.5, 0.6) is 5.75 Å². The molecule has 0 heterocycles. The average Bonchev–Trinajstić information content (AvgIpc) is 2.37. The highest BCUT2D eigenvalue weighted by Crippen LogP contribution is 2.11. The molecule has 5 heteroatoms. The van der Waals surface area contributed by atoms with Crippen LogP contribution in [0.2, 0.25) is 0 Å². The number of carbonyl (C=O) groups excluding carboxylic acids is 1. The van der Waals surface area contributed by atoms with Crippen molar-refractivity contribution in [2.24, 2.45) is 5.73 Å². The molecule has 1 rings (SSSR count). The Balaban J connectivity index is 2.36. The Labute approximate surface area is 101 Å². The smallest absolute Gasteiger partial charge is 0.234 e. The highest BCUT2D eigenvalue weighted by molar-refractivity contribution is 5.77. The highest BCUT2D eigenvalue weighted by Gasteiger charge is 1.98. The number of hydrogen-bond acceptors (Lipinski definition) is 4. The number of nitrogens with two attached hydrogens (primary N) is 1. The summed E-state index contributed by atoms with van der Waals surface area (Å²) in [6, 6.07) is 7.52. The number of hydrogen-bond donors (Lipinski definition) is 2. The minimum absolute atomic E-state index is 0.0121. The van der Waals surface area contributed by atoms with Crippen molar-refractivity contribution >= 4 is 5.91 Å². The molecule has 3 N–H and O–H groups in total. The van der Waals surface area contributed by atoms with E-state index in [1.807, 2.05) is 24.3 Å². The first-order valence-electron chi connectivity index (χ1n) is 5.43. The number of nitrogens with one attached hydrogen (secondary N) is 1. The van der Waals surface area contributed by atoms with E-state index < -0.39 is 0 Å². The van der Waals surface area contributed by atoms with Crippen molar-refractivity contribution in [3.63, 3.8) is 0 Å². The zero-order valence-electron chi connectivity index (χ0n) is 9.94. The standard InChI is InChI=1S/C12H18N2O3/c1-16-6-7-17-11-4-2-10(3-5-11)9-14-12(15)8-13/h2-5H,6-9,13H2,1H3,(H,14,15). The molecule has 1 aromatic carbocycles. The zero-order chi connectivity index (χ0) is 12.5. The summed E-state index contributed by atoms with van der Waals surface area (Å²) in [6.45, 7) is 1.58. The summed E-state index contributed by atoms with van der Waals surface area (Å²) < 4.78 is 10.3. The van der Waals surface area contributed by atoms with Crippen LogP contribution in [0.1, 0.15) is 5.56 Å². The summed E-state index contributed by atoms with van der Waals surface area (Å²) in [7, 11) is 1.63. The lowest BCUT2D eigenvalue weighted by Crippen LogP contribution is -2.29. The van der Waals surface area contributed by atoms with Gasteiger partial charge in [0, 0.05) is 13.7 Å². The van der Waals surface area contributed by atoms with Gasteiger partial charge in [0.1, 0.15) is 12.4 Å². The van der Waals surface area contributed by atoms with E-state index in [-0.39, 0.29) is 12.5 Å². The van der Waals surface area contributed by atoms with Gasteiger partial charge in [0.15, 0.2) is 0 Å². The molecular formula is C12H18N2O3. The van der Waals surface area contributed by atoms with Crippen molar-refractivity contribution < 1.29 is 14.3 Å². The summed E-state index contributed by atoms with van der Waals surface area (Å²) in [4.78, 5) is 11.0. The molecule has 0 saturated carbocycles. The monoisotopic (exact) mass is 238 g/mol. The van der Waals surface area contributed by atoms with Gasteiger partial charge >= 0.3 is 0 Å². The molecule has 0 aromatic heterocycles. The number of rotatable bonds is 7. The average molecular weight is 238 g/mol. The van der Waals surface area contributed by atoms with E-state index in [4.69, 9.17) is 15.2 Å². The first-order valence-corrected chi connectivity index (χ1v) is 5.43. The fourth-order valence-electron chi connectivity index (χ4n) is 1.22. The third-order valence-electron chi connectivity index (χ3n) is 2.15. The summed E-state index contributed by atoms with van der Waals surface area (Å²) in [5, 5.41) is 2.70. The first-order chi connectivity index (χ1) is 8.26. The van der Waals surface area contributed by atoms with Gasteiger partial charge in [-0.25, -0.2) is 0 Å². The SMILES string of the molecule is COCCOc1ccc(CNC(=O)CN)cc1. The van der Waals surface area contributed by atoms with Crippen molar-refractivity contribution in [2.75, 3.05) is 26.9 Å². The van der Waals surface area contributed by atoms with Crippen LogP contribution in [-0.4, -0.2) is 32.8 Å². The van der Waals surface area contributed by atoms with E-state index in [0.717, 1.165) is 11.3 Å². The molecule has 17 heavy (non-hydrogen) atoms. The van der Waals surface area contributed by atoms with E-state index in [1.54, 1.807) is 7.11 Å². The fourth-order valence-corrected chi connectivity index (χ4v) is 1.22. The van der Waals surface area contributed by atoms with Crippen LogP contribution < -0.4 is 15.8 Å². The van der Waals surface area contributed by atoms with Gasteiger partial charge in [-0.2, -0.15) is 0 Å². The quantitative estimate of drug-likeness (QED) is 0.669. The van der Waals surface area contributed by atoms with Crippen molar-refractivity contribution in [2.45, 2.75) is 6.54 Å². The van der Waals surface area contributed by atoms with E-state index in [2.05, 4.69) is 5.32 Å². The largest absolute Gasteiger partial charge is 0.491 e. The minimum atomic E-state index is -0.162. The number of amides is 1. The van der Waals surface area contributed by atoms with E-state index in [9.17, 15) is 4.79 Å². The predicted molar refractivity (Wildman–Crippen MR) is 64.7 cm³/mol. The molecule has 0 radical (unpaired) electrons. The van der Waals surface area contributed by atoms with Crippen LogP contribution >= 0.6 is 0 Å². The van der Waals surface area contributed by atoms with Gasteiger partial charge in [-0.15, -0.1) is 0 Å². The number of ether oxygens (including phenoxy) is 2. The zero-order valence-corrected chi connectivity index (χ0v) is 9.94. The normalized spacial score (nSPS) is 10.0. The fraction of sp³-hybridized carbons (Fsp3) is 0.417. The maximum atomic E-state index is 11.0. The Morgan fingerprint density at radius 1 is 1.29 bits per heavy atom. The third-order valence-corrected chi connectivity index (χ3v) is 2.15. The lowest BCUT2D eigenvalue weighted by atomic mass is 10.2. The van der Waals surface area contributed by atoms with Crippen molar-refractivity contribution in [3.05, 3.63) is 29.8 Å². The molecule has 0 aliphatic heterocycles. The second kappa shape index (κ2) is 7.65. The molecule has 0 saturated heterocycles. The molecule has 0 spiro atoms. The molecule has 0 unspecified atom stereocenters. The van der Waals surface area contributed by atoms with Gasteiger partial charge in [-0.1, -0.05) is 12.1 Å². The van der Waals surface area contributed by atoms with Gasteiger partial charge in [-0.3, -0.25) is 4.79 Å². The third kappa shape index (κ3) is 5.33. The molecule has 0 atom stereocenters. The molecule has 5 nitrogen and oxygen atoms in total. The topological polar surface area (TPSA) is 73.6 Å². The number of benzene rings is 1. The van der Waals surface area contributed by atoms with Gasteiger partial charge in [0.05, 0.1) is 13.2 Å². The summed E-state index contributed by atoms with van der Waals surface area (Å²) in [5.41, 5.74) is 6.19. The Morgan fingerprint density at radius 2 is 2.00 bits per heavy atom. The van der Waals surface area contributed by atoms with Crippen LogP contribution in [-0.2, 0) is 16.1 Å². The van der Waals surface area contributed by atoms with Crippen molar-refractivity contribution in [1.82, 2.24) is 5.32 Å². The lowest BCUT2D eigenvalue weighted by molar-refractivity contribution is -0.119. The van der Waals surface area contributed by atoms with Crippen LogP contribution in [0.25, 0.3) is 0 Å². The molecule has 0 aliphatic carbocycles. The highest BCUT2D eigenvalue weighted by atomic mass is 16.5. The number of carbonyl (C=O) groups is 1. The van der Waals surface area contributed by atoms with E-state index in [0.29, 0.717) is 19.8 Å². The first kappa shape index (κ1) is 13.5. The summed E-state index contributed by atoms with van der Waals surface area (Å²) in [6.07, 6.45) is 0. The van der Waals surface area contributed by atoms with Gasteiger partial charge in [0.25, 0.3) is 0 Å². The van der Waals surface area contributed by atoms with Crippen molar-refractivity contribution in [3.8, 4) is 5.75 Å².